The molecule has 0 spiro atoms. The highest BCUT2D eigenvalue weighted by atomic mass is 79.9. The molecular weight excluding hydrogens is 320 g/mol. The number of carbonyl (C=O) groups is 2. The Bertz CT molecular complexity index is 504. The second-order valence-corrected chi connectivity index (χ2v) is 6.10. The summed E-state index contributed by atoms with van der Waals surface area (Å²) in [7, 11) is 0. The van der Waals surface area contributed by atoms with Crippen LogP contribution in [-0.4, -0.2) is 34.2 Å². The second-order valence-electron chi connectivity index (χ2n) is 5.24. The molecule has 1 aromatic rings. The van der Waals surface area contributed by atoms with Crippen LogP contribution in [-0.2, 0) is 4.79 Å². The fourth-order valence-electron chi connectivity index (χ4n) is 2.67. The molecule has 108 valence electrons. The third-order valence-corrected chi connectivity index (χ3v) is 4.26. The van der Waals surface area contributed by atoms with E-state index in [4.69, 9.17) is 0 Å². The van der Waals surface area contributed by atoms with Gasteiger partial charge in [0.25, 0.3) is 5.91 Å². The molecule has 1 amide bonds. The molecule has 2 heterocycles. The lowest BCUT2D eigenvalue weighted by Crippen LogP contribution is -2.41. The zero-order valence-electron chi connectivity index (χ0n) is 11.6. The average molecular weight is 339 g/mol. The molecule has 5 heteroatoms. The van der Waals surface area contributed by atoms with Gasteiger partial charge in [-0.3, -0.25) is 9.59 Å². The van der Waals surface area contributed by atoms with Crippen LogP contribution in [0.25, 0.3) is 0 Å². The first-order valence-corrected chi connectivity index (χ1v) is 7.80. The zero-order valence-corrected chi connectivity index (χ0v) is 13.2. The number of ketones is 1. The van der Waals surface area contributed by atoms with Crippen molar-refractivity contribution in [3.63, 3.8) is 0 Å². The Labute approximate surface area is 127 Å². The molecule has 1 aliphatic heterocycles. The highest BCUT2D eigenvalue weighted by Gasteiger charge is 2.28. The Morgan fingerprint density at radius 2 is 2.20 bits per heavy atom. The number of pyridine rings is 1. The summed E-state index contributed by atoms with van der Waals surface area (Å²) in [5.41, 5.74) is 0.433. The molecule has 0 radical (unpaired) electrons. The van der Waals surface area contributed by atoms with Gasteiger partial charge in [0, 0.05) is 29.7 Å². The van der Waals surface area contributed by atoms with Crippen LogP contribution in [0.3, 0.4) is 0 Å². The van der Waals surface area contributed by atoms with Crippen molar-refractivity contribution in [2.45, 2.75) is 45.1 Å². The molecule has 1 aromatic heterocycles. The number of rotatable bonds is 3. The number of Topliss-reactive ketones (excluding diaryl/α,β-unsaturated/α-hetero) is 1. The van der Waals surface area contributed by atoms with Crippen molar-refractivity contribution in [1.29, 1.82) is 0 Å². The van der Waals surface area contributed by atoms with Gasteiger partial charge in [-0.15, -0.1) is 0 Å². The number of amides is 1. The van der Waals surface area contributed by atoms with Crippen LogP contribution < -0.4 is 0 Å². The molecule has 4 nitrogen and oxygen atoms in total. The van der Waals surface area contributed by atoms with Crippen molar-refractivity contribution in [1.82, 2.24) is 9.88 Å². The quantitative estimate of drug-likeness (QED) is 0.850. The van der Waals surface area contributed by atoms with E-state index in [0.29, 0.717) is 23.1 Å². The largest absolute Gasteiger partial charge is 0.334 e. The predicted molar refractivity (Wildman–Crippen MR) is 80.5 cm³/mol. The topological polar surface area (TPSA) is 50.3 Å². The molecule has 2 rings (SSSR count). The average Bonchev–Trinajstić information content (AvgIpc) is 2.63. The van der Waals surface area contributed by atoms with Crippen LogP contribution in [0.1, 0.15) is 49.5 Å². The Balaban J connectivity index is 2.24. The number of aromatic nitrogens is 1. The smallest absolute Gasteiger partial charge is 0.273 e. The van der Waals surface area contributed by atoms with E-state index in [0.717, 1.165) is 25.7 Å². The Kier molecular flexibility index (Phi) is 5.29. The van der Waals surface area contributed by atoms with Crippen LogP contribution in [0, 0.1) is 0 Å². The van der Waals surface area contributed by atoms with Gasteiger partial charge in [0.1, 0.15) is 11.5 Å². The van der Waals surface area contributed by atoms with E-state index in [-0.39, 0.29) is 17.7 Å². The van der Waals surface area contributed by atoms with Crippen LogP contribution >= 0.6 is 15.9 Å². The molecule has 0 bridgehead atoms. The maximum absolute atomic E-state index is 12.7. The van der Waals surface area contributed by atoms with Gasteiger partial charge in [0.2, 0.25) is 0 Å². The Morgan fingerprint density at radius 1 is 1.40 bits per heavy atom. The number of nitrogens with zero attached hydrogens (tertiary/aromatic N) is 2. The molecule has 0 N–H and O–H groups in total. The number of likely N-dealkylation sites (tertiary alicyclic amines) is 1. The van der Waals surface area contributed by atoms with Crippen molar-refractivity contribution in [3.05, 3.63) is 28.5 Å². The molecule has 1 saturated heterocycles. The summed E-state index contributed by atoms with van der Waals surface area (Å²) < 4.78 is 0.704. The lowest BCUT2D eigenvalue weighted by atomic mass is 10.0. The summed E-state index contributed by atoms with van der Waals surface area (Å²) >= 11 is 3.38. The van der Waals surface area contributed by atoms with Crippen LogP contribution in [0.2, 0.25) is 0 Å². The summed E-state index contributed by atoms with van der Waals surface area (Å²) in [6.45, 7) is 2.30. The predicted octanol–water partition coefficient (Wildman–Crippen LogP) is 3.21. The molecule has 20 heavy (non-hydrogen) atoms. The van der Waals surface area contributed by atoms with E-state index in [1.807, 2.05) is 11.0 Å². The van der Waals surface area contributed by atoms with Crippen LogP contribution in [0.4, 0.5) is 0 Å². The molecular formula is C15H19BrN2O2. The number of hydrogen-bond acceptors (Lipinski definition) is 3. The third kappa shape index (κ3) is 3.66. The molecule has 0 aromatic carbocycles. The van der Waals surface area contributed by atoms with E-state index in [1.54, 1.807) is 19.2 Å². The molecule has 0 aliphatic carbocycles. The van der Waals surface area contributed by atoms with Gasteiger partial charge in [-0.25, -0.2) is 4.98 Å². The fraction of sp³-hybridized carbons (Fsp3) is 0.533. The minimum absolute atomic E-state index is 0.0106. The summed E-state index contributed by atoms with van der Waals surface area (Å²) in [5.74, 6) is 0.0559. The van der Waals surface area contributed by atoms with Gasteiger partial charge in [0.05, 0.1) is 0 Å². The molecule has 1 atom stereocenters. The monoisotopic (exact) mass is 338 g/mol. The van der Waals surface area contributed by atoms with Gasteiger partial charge in [-0.2, -0.15) is 0 Å². The minimum atomic E-state index is -0.0781. The highest BCUT2D eigenvalue weighted by molar-refractivity contribution is 9.10. The standard InChI is InChI=1S/C15H19BrN2O2/c1-11(19)10-12-6-3-2-4-9-18(12)15(20)14-13(16)7-5-8-17-14/h5,7-8,12H,2-4,6,9-10H2,1H3. The maximum Gasteiger partial charge on any atom is 0.273 e. The first kappa shape index (κ1) is 15.2. The summed E-state index contributed by atoms with van der Waals surface area (Å²) in [6, 6.07) is 3.62. The lowest BCUT2D eigenvalue weighted by molar-refractivity contribution is -0.118. The van der Waals surface area contributed by atoms with Crippen molar-refractivity contribution in [2.24, 2.45) is 0 Å². The van der Waals surface area contributed by atoms with Gasteiger partial charge in [-0.05, 0) is 47.8 Å². The molecule has 1 aliphatic rings. The third-order valence-electron chi connectivity index (χ3n) is 3.62. The summed E-state index contributed by atoms with van der Waals surface area (Å²) in [5, 5.41) is 0. The first-order chi connectivity index (χ1) is 9.59. The van der Waals surface area contributed by atoms with E-state index < -0.39 is 0 Å². The van der Waals surface area contributed by atoms with Crippen molar-refractivity contribution < 1.29 is 9.59 Å². The molecule has 0 saturated carbocycles. The maximum atomic E-state index is 12.7. The van der Waals surface area contributed by atoms with Gasteiger partial charge < -0.3 is 4.90 Å². The number of hydrogen-bond donors (Lipinski definition) is 0. The summed E-state index contributed by atoms with van der Waals surface area (Å²) in [4.78, 5) is 30.1. The van der Waals surface area contributed by atoms with Crippen LogP contribution in [0.5, 0.6) is 0 Å². The Hall–Kier alpha value is -1.23. The summed E-state index contributed by atoms with van der Waals surface area (Å²) in [6.07, 6.45) is 6.14. The van der Waals surface area contributed by atoms with Gasteiger partial charge >= 0.3 is 0 Å². The van der Waals surface area contributed by atoms with E-state index in [1.165, 1.54) is 0 Å². The fourth-order valence-corrected chi connectivity index (χ4v) is 3.09. The normalized spacial score (nSPS) is 19.5. The second kappa shape index (κ2) is 6.97. The van der Waals surface area contributed by atoms with E-state index in [9.17, 15) is 9.59 Å². The van der Waals surface area contributed by atoms with Crippen LogP contribution in [0.15, 0.2) is 22.8 Å². The lowest BCUT2D eigenvalue weighted by Gasteiger charge is -2.29. The SMILES string of the molecule is CC(=O)CC1CCCCCN1C(=O)c1ncccc1Br. The highest BCUT2D eigenvalue weighted by Crippen LogP contribution is 2.23. The zero-order chi connectivity index (χ0) is 14.5. The van der Waals surface area contributed by atoms with Gasteiger partial charge in [0.15, 0.2) is 0 Å². The molecule has 1 fully saturated rings. The first-order valence-electron chi connectivity index (χ1n) is 7.00. The number of halogens is 1. The van der Waals surface area contributed by atoms with E-state index >= 15 is 0 Å². The van der Waals surface area contributed by atoms with Crippen molar-refractivity contribution in [2.75, 3.05) is 6.54 Å². The minimum Gasteiger partial charge on any atom is -0.334 e. The van der Waals surface area contributed by atoms with Crippen molar-refractivity contribution >= 4 is 27.6 Å². The van der Waals surface area contributed by atoms with Crippen molar-refractivity contribution in [3.8, 4) is 0 Å². The Morgan fingerprint density at radius 3 is 2.90 bits per heavy atom. The van der Waals surface area contributed by atoms with E-state index in [2.05, 4.69) is 20.9 Å². The van der Waals surface area contributed by atoms with Gasteiger partial charge in [-0.1, -0.05) is 12.8 Å². The molecule has 1 unspecified atom stereocenters. The number of carbonyl (C=O) groups excluding carboxylic acids is 2.